The molecular weight excluding hydrogens is 90.1 g/mol. The van der Waals surface area contributed by atoms with Gasteiger partial charge in [0, 0.05) is 0 Å². The van der Waals surface area contributed by atoms with E-state index in [4.69, 9.17) is 10.8 Å². The first-order chi connectivity index (χ1) is 3.18. The molecule has 0 aliphatic heterocycles. The van der Waals surface area contributed by atoms with E-state index in [2.05, 4.69) is 0 Å². The standard InChI is InChI=1S/C5H13NO/c1-4(3-6)5(2)7/h4-5,7H,3,6H2,1-2H3. The average Bonchev–Trinajstić information content (AvgIpc) is 1.65. The van der Waals surface area contributed by atoms with Gasteiger partial charge in [0.1, 0.15) is 0 Å². The third-order valence-corrected chi connectivity index (χ3v) is 1.20. The molecule has 0 aliphatic rings. The maximum absolute atomic E-state index is 8.74. The molecule has 2 unspecified atom stereocenters. The van der Waals surface area contributed by atoms with Crippen LogP contribution in [-0.4, -0.2) is 17.8 Å². The van der Waals surface area contributed by atoms with E-state index in [-0.39, 0.29) is 12.0 Å². The van der Waals surface area contributed by atoms with Crippen molar-refractivity contribution in [2.24, 2.45) is 11.7 Å². The predicted octanol–water partition coefficient (Wildman–Crippen LogP) is -0.0380. The molecule has 0 aromatic heterocycles. The largest absolute Gasteiger partial charge is 0.393 e. The van der Waals surface area contributed by atoms with Crippen molar-refractivity contribution in [3.8, 4) is 0 Å². The van der Waals surface area contributed by atoms with Crippen molar-refractivity contribution in [3.63, 3.8) is 0 Å². The molecule has 0 fully saturated rings. The van der Waals surface area contributed by atoms with Crippen molar-refractivity contribution >= 4 is 0 Å². The SMILES string of the molecule is CC(O)C(C)CN. The zero-order chi connectivity index (χ0) is 5.86. The summed E-state index contributed by atoms with van der Waals surface area (Å²) < 4.78 is 0. The maximum atomic E-state index is 8.74. The molecular formula is C5H13NO. The van der Waals surface area contributed by atoms with Crippen molar-refractivity contribution < 1.29 is 5.11 Å². The van der Waals surface area contributed by atoms with Crippen molar-refractivity contribution in [1.29, 1.82) is 0 Å². The molecule has 2 heteroatoms. The van der Waals surface area contributed by atoms with Crippen LogP contribution in [0.25, 0.3) is 0 Å². The summed E-state index contributed by atoms with van der Waals surface area (Å²) in [7, 11) is 0. The Hall–Kier alpha value is -0.0800. The smallest absolute Gasteiger partial charge is 0.0549 e. The van der Waals surface area contributed by atoms with Gasteiger partial charge in [0.25, 0.3) is 0 Å². The van der Waals surface area contributed by atoms with Crippen LogP contribution in [-0.2, 0) is 0 Å². The highest BCUT2D eigenvalue weighted by Gasteiger charge is 2.03. The van der Waals surface area contributed by atoms with Crippen molar-refractivity contribution in [3.05, 3.63) is 0 Å². The number of aliphatic hydroxyl groups excluding tert-OH is 1. The van der Waals surface area contributed by atoms with Gasteiger partial charge in [-0.3, -0.25) is 0 Å². The fraction of sp³-hybridized carbons (Fsp3) is 1.00. The zero-order valence-electron chi connectivity index (χ0n) is 4.89. The molecule has 0 spiro atoms. The molecule has 7 heavy (non-hydrogen) atoms. The first-order valence-corrected chi connectivity index (χ1v) is 2.56. The molecule has 0 heterocycles. The van der Waals surface area contributed by atoms with Crippen LogP contribution in [0.4, 0.5) is 0 Å². The Morgan fingerprint density at radius 1 is 1.57 bits per heavy atom. The Morgan fingerprint density at radius 3 is 2.00 bits per heavy atom. The first kappa shape index (κ1) is 6.92. The van der Waals surface area contributed by atoms with Gasteiger partial charge in [0.2, 0.25) is 0 Å². The molecule has 0 aromatic carbocycles. The van der Waals surface area contributed by atoms with E-state index in [0.29, 0.717) is 6.54 Å². The van der Waals surface area contributed by atoms with Gasteiger partial charge in [0.05, 0.1) is 6.10 Å². The molecule has 44 valence electrons. The van der Waals surface area contributed by atoms with Gasteiger partial charge < -0.3 is 10.8 Å². The average molecular weight is 103 g/mol. The van der Waals surface area contributed by atoms with Gasteiger partial charge in [0.15, 0.2) is 0 Å². The summed E-state index contributed by atoms with van der Waals surface area (Å²) in [5.41, 5.74) is 5.21. The minimum atomic E-state index is -0.259. The predicted molar refractivity (Wildman–Crippen MR) is 29.9 cm³/mol. The molecule has 3 N–H and O–H groups in total. The van der Waals surface area contributed by atoms with Crippen LogP contribution in [0.15, 0.2) is 0 Å². The minimum absolute atomic E-state index is 0.236. The summed E-state index contributed by atoms with van der Waals surface area (Å²) in [5, 5.41) is 8.74. The normalized spacial score (nSPS) is 18.9. The third kappa shape index (κ3) is 2.60. The summed E-state index contributed by atoms with van der Waals surface area (Å²) in [6.45, 7) is 4.24. The highest BCUT2D eigenvalue weighted by atomic mass is 16.3. The lowest BCUT2D eigenvalue weighted by molar-refractivity contribution is 0.139. The van der Waals surface area contributed by atoms with E-state index < -0.39 is 0 Å². The second-order valence-corrected chi connectivity index (χ2v) is 1.95. The Morgan fingerprint density at radius 2 is 2.00 bits per heavy atom. The second-order valence-electron chi connectivity index (χ2n) is 1.95. The van der Waals surface area contributed by atoms with Crippen LogP contribution < -0.4 is 5.73 Å². The number of aliphatic hydroxyl groups is 1. The summed E-state index contributed by atoms with van der Waals surface area (Å²) in [4.78, 5) is 0. The summed E-state index contributed by atoms with van der Waals surface area (Å²) in [6.07, 6.45) is -0.259. The van der Waals surface area contributed by atoms with Gasteiger partial charge >= 0.3 is 0 Å². The first-order valence-electron chi connectivity index (χ1n) is 2.56. The van der Waals surface area contributed by atoms with Gasteiger partial charge in [-0.2, -0.15) is 0 Å². The topological polar surface area (TPSA) is 46.2 Å². The Balaban J connectivity index is 3.14. The number of hydrogen-bond acceptors (Lipinski definition) is 2. The molecule has 2 atom stereocenters. The Kier molecular flexibility index (Phi) is 2.96. The Bertz CT molecular complexity index is 45.3. The summed E-state index contributed by atoms with van der Waals surface area (Å²) in [5.74, 6) is 0.236. The van der Waals surface area contributed by atoms with Crippen molar-refractivity contribution in [2.45, 2.75) is 20.0 Å². The lowest BCUT2D eigenvalue weighted by Gasteiger charge is -2.09. The summed E-state index contributed by atoms with van der Waals surface area (Å²) >= 11 is 0. The molecule has 0 amide bonds. The minimum Gasteiger partial charge on any atom is -0.393 e. The van der Waals surface area contributed by atoms with Crippen LogP contribution in [0.3, 0.4) is 0 Å². The fourth-order valence-electron chi connectivity index (χ4n) is 0.197. The molecule has 0 radical (unpaired) electrons. The van der Waals surface area contributed by atoms with Gasteiger partial charge in [-0.15, -0.1) is 0 Å². The lowest BCUT2D eigenvalue weighted by Crippen LogP contribution is -2.21. The van der Waals surface area contributed by atoms with E-state index in [0.717, 1.165) is 0 Å². The Labute approximate surface area is 44.3 Å². The zero-order valence-corrected chi connectivity index (χ0v) is 4.89. The van der Waals surface area contributed by atoms with Crippen LogP contribution in [0.1, 0.15) is 13.8 Å². The van der Waals surface area contributed by atoms with E-state index in [1.165, 1.54) is 0 Å². The quantitative estimate of drug-likeness (QED) is 0.515. The highest BCUT2D eigenvalue weighted by molar-refractivity contribution is 4.57. The van der Waals surface area contributed by atoms with Crippen LogP contribution in [0, 0.1) is 5.92 Å². The van der Waals surface area contributed by atoms with Crippen LogP contribution in [0.5, 0.6) is 0 Å². The molecule has 0 aliphatic carbocycles. The van der Waals surface area contributed by atoms with Crippen molar-refractivity contribution in [1.82, 2.24) is 0 Å². The molecule has 0 rings (SSSR count). The van der Waals surface area contributed by atoms with Crippen LogP contribution >= 0.6 is 0 Å². The molecule has 0 saturated heterocycles. The fourth-order valence-corrected chi connectivity index (χ4v) is 0.197. The number of nitrogens with two attached hydrogens (primary N) is 1. The van der Waals surface area contributed by atoms with E-state index in [1.807, 2.05) is 6.92 Å². The van der Waals surface area contributed by atoms with Gasteiger partial charge in [-0.05, 0) is 19.4 Å². The third-order valence-electron chi connectivity index (χ3n) is 1.20. The monoisotopic (exact) mass is 103 g/mol. The van der Waals surface area contributed by atoms with Gasteiger partial charge in [-0.25, -0.2) is 0 Å². The maximum Gasteiger partial charge on any atom is 0.0549 e. The van der Waals surface area contributed by atoms with E-state index in [1.54, 1.807) is 6.92 Å². The molecule has 2 nitrogen and oxygen atoms in total. The molecule has 0 aromatic rings. The number of rotatable bonds is 2. The lowest BCUT2D eigenvalue weighted by atomic mass is 10.1. The molecule has 0 saturated carbocycles. The summed E-state index contributed by atoms with van der Waals surface area (Å²) in [6, 6.07) is 0. The molecule has 0 bridgehead atoms. The van der Waals surface area contributed by atoms with Crippen molar-refractivity contribution in [2.75, 3.05) is 6.54 Å². The van der Waals surface area contributed by atoms with Crippen LogP contribution in [0.2, 0.25) is 0 Å². The van der Waals surface area contributed by atoms with Gasteiger partial charge in [-0.1, -0.05) is 6.92 Å². The van der Waals surface area contributed by atoms with E-state index >= 15 is 0 Å². The number of hydrogen-bond donors (Lipinski definition) is 2. The van der Waals surface area contributed by atoms with E-state index in [9.17, 15) is 0 Å². The second kappa shape index (κ2) is 2.99. The highest BCUT2D eigenvalue weighted by Crippen LogP contribution is 1.96.